The smallest absolute Gasteiger partial charge is 0.222 e. The fourth-order valence-corrected chi connectivity index (χ4v) is 1.12. The topological polar surface area (TPSA) is 47.0 Å². The Morgan fingerprint density at radius 3 is 2.43 bits per heavy atom. The summed E-state index contributed by atoms with van der Waals surface area (Å²) in [5.74, 6) is 0.615. The average molecular weight is 260 g/mol. The molecule has 0 radical (unpaired) electrons. The lowest BCUT2D eigenvalue weighted by Gasteiger charge is -2.19. The second kappa shape index (κ2) is 5.26. The SMILES string of the molecule is COC(C)[C@H](C)Nc1ncc(Br)cn1. The normalized spacial score (nSPS) is 14.9. The number of hydrogen-bond acceptors (Lipinski definition) is 4. The number of ether oxygens (including phenoxy) is 1. The van der Waals surface area contributed by atoms with Gasteiger partial charge in [0.05, 0.1) is 16.6 Å². The Bertz CT molecular complexity index is 278. The summed E-state index contributed by atoms with van der Waals surface area (Å²) >= 11 is 3.28. The molecule has 0 aliphatic heterocycles. The first-order valence-electron chi connectivity index (χ1n) is 4.40. The van der Waals surface area contributed by atoms with E-state index in [4.69, 9.17) is 4.74 Å². The molecule has 0 spiro atoms. The molecule has 0 fully saturated rings. The molecule has 5 heteroatoms. The van der Waals surface area contributed by atoms with Gasteiger partial charge in [0.1, 0.15) is 0 Å². The minimum Gasteiger partial charge on any atom is -0.380 e. The first-order valence-corrected chi connectivity index (χ1v) is 5.19. The largest absolute Gasteiger partial charge is 0.380 e. The van der Waals surface area contributed by atoms with Crippen LogP contribution in [0, 0.1) is 0 Å². The van der Waals surface area contributed by atoms with Crippen LogP contribution in [0.25, 0.3) is 0 Å². The summed E-state index contributed by atoms with van der Waals surface area (Å²) in [6, 6.07) is 0.182. The Hall–Kier alpha value is -0.680. The maximum Gasteiger partial charge on any atom is 0.222 e. The lowest BCUT2D eigenvalue weighted by atomic mass is 10.2. The van der Waals surface area contributed by atoms with Crippen LogP contribution in [0.2, 0.25) is 0 Å². The average Bonchev–Trinajstić information content (AvgIpc) is 2.20. The summed E-state index contributed by atoms with van der Waals surface area (Å²) in [4.78, 5) is 8.22. The molecule has 0 aliphatic carbocycles. The summed E-state index contributed by atoms with van der Waals surface area (Å²) in [6.07, 6.45) is 3.54. The Labute approximate surface area is 92.2 Å². The highest BCUT2D eigenvalue weighted by Gasteiger charge is 2.11. The van der Waals surface area contributed by atoms with Crippen LogP contribution in [-0.2, 0) is 4.74 Å². The van der Waals surface area contributed by atoms with Crippen LogP contribution in [0.3, 0.4) is 0 Å². The molecule has 1 aromatic heterocycles. The number of nitrogens with one attached hydrogen (secondary N) is 1. The van der Waals surface area contributed by atoms with Crippen LogP contribution >= 0.6 is 15.9 Å². The molecule has 0 saturated heterocycles. The van der Waals surface area contributed by atoms with Crippen LogP contribution < -0.4 is 5.32 Å². The second-order valence-electron chi connectivity index (χ2n) is 3.10. The molecule has 0 amide bonds. The molecule has 1 aromatic rings. The Balaban J connectivity index is 2.56. The zero-order valence-corrected chi connectivity index (χ0v) is 10.1. The fraction of sp³-hybridized carbons (Fsp3) is 0.556. The summed E-state index contributed by atoms with van der Waals surface area (Å²) in [5, 5.41) is 3.15. The zero-order valence-electron chi connectivity index (χ0n) is 8.49. The number of rotatable bonds is 4. The van der Waals surface area contributed by atoms with E-state index in [9.17, 15) is 0 Å². The zero-order chi connectivity index (χ0) is 10.6. The van der Waals surface area contributed by atoms with Gasteiger partial charge in [-0.2, -0.15) is 0 Å². The number of aromatic nitrogens is 2. The monoisotopic (exact) mass is 259 g/mol. The van der Waals surface area contributed by atoms with Crippen LogP contribution in [-0.4, -0.2) is 29.2 Å². The van der Waals surface area contributed by atoms with Gasteiger partial charge in [-0.3, -0.25) is 0 Å². The van der Waals surface area contributed by atoms with E-state index in [0.717, 1.165) is 4.47 Å². The third kappa shape index (κ3) is 3.23. The van der Waals surface area contributed by atoms with Crippen LogP contribution in [0.4, 0.5) is 5.95 Å². The van der Waals surface area contributed by atoms with Crippen molar-refractivity contribution in [3.05, 3.63) is 16.9 Å². The van der Waals surface area contributed by atoms with Crippen molar-refractivity contribution >= 4 is 21.9 Å². The van der Waals surface area contributed by atoms with E-state index in [0.29, 0.717) is 5.95 Å². The van der Waals surface area contributed by atoms with Gasteiger partial charge in [-0.15, -0.1) is 0 Å². The van der Waals surface area contributed by atoms with Crippen LogP contribution in [0.5, 0.6) is 0 Å². The van der Waals surface area contributed by atoms with Gasteiger partial charge in [0, 0.05) is 19.5 Å². The third-order valence-corrected chi connectivity index (χ3v) is 2.46. The van der Waals surface area contributed by atoms with E-state index in [-0.39, 0.29) is 12.1 Å². The molecule has 1 heterocycles. The van der Waals surface area contributed by atoms with Gasteiger partial charge in [0.2, 0.25) is 5.95 Å². The summed E-state index contributed by atoms with van der Waals surface area (Å²) in [5.41, 5.74) is 0. The van der Waals surface area contributed by atoms with Crippen molar-refractivity contribution in [1.82, 2.24) is 9.97 Å². The van der Waals surface area contributed by atoms with Crippen molar-refractivity contribution in [1.29, 1.82) is 0 Å². The number of halogens is 1. The van der Waals surface area contributed by atoms with Crippen LogP contribution in [0.1, 0.15) is 13.8 Å². The molecule has 1 rings (SSSR count). The van der Waals surface area contributed by atoms with E-state index in [1.54, 1.807) is 19.5 Å². The summed E-state index contributed by atoms with van der Waals surface area (Å²) < 4.78 is 6.05. The molecule has 0 bridgehead atoms. The maximum atomic E-state index is 5.18. The minimum absolute atomic E-state index is 0.127. The first-order chi connectivity index (χ1) is 6.63. The number of methoxy groups -OCH3 is 1. The van der Waals surface area contributed by atoms with Gasteiger partial charge in [-0.05, 0) is 29.8 Å². The van der Waals surface area contributed by atoms with Gasteiger partial charge in [0.25, 0.3) is 0 Å². The third-order valence-electron chi connectivity index (χ3n) is 2.05. The van der Waals surface area contributed by atoms with Gasteiger partial charge < -0.3 is 10.1 Å². The van der Waals surface area contributed by atoms with Crippen molar-refractivity contribution in [2.75, 3.05) is 12.4 Å². The van der Waals surface area contributed by atoms with Crippen molar-refractivity contribution in [3.63, 3.8) is 0 Å². The highest BCUT2D eigenvalue weighted by atomic mass is 79.9. The molecular weight excluding hydrogens is 246 g/mol. The molecule has 78 valence electrons. The predicted octanol–water partition coefficient (Wildman–Crippen LogP) is 2.07. The molecule has 0 aromatic carbocycles. The first kappa shape index (κ1) is 11.4. The molecule has 0 saturated carbocycles. The summed E-state index contributed by atoms with van der Waals surface area (Å²) in [6.45, 7) is 4.02. The van der Waals surface area contributed by atoms with E-state index >= 15 is 0 Å². The van der Waals surface area contributed by atoms with Crippen molar-refractivity contribution < 1.29 is 4.74 Å². The number of nitrogens with zero attached hydrogens (tertiary/aromatic N) is 2. The summed E-state index contributed by atoms with van der Waals surface area (Å²) in [7, 11) is 1.69. The number of hydrogen-bond donors (Lipinski definition) is 1. The van der Waals surface area contributed by atoms with E-state index < -0.39 is 0 Å². The molecule has 0 aliphatic rings. The lowest BCUT2D eigenvalue weighted by molar-refractivity contribution is 0.106. The second-order valence-corrected chi connectivity index (χ2v) is 4.01. The minimum atomic E-state index is 0.127. The fourth-order valence-electron chi connectivity index (χ4n) is 0.912. The van der Waals surface area contributed by atoms with Crippen molar-refractivity contribution in [3.8, 4) is 0 Å². The standard InChI is InChI=1S/C9H14BrN3O/c1-6(7(2)14-3)13-9-11-4-8(10)5-12-9/h4-7H,1-3H3,(H,11,12,13)/t6-,7?/m0/s1. The molecule has 2 atom stereocenters. The van der Waals surface area contributed by atoms with Crippen LogP contribution in [0.15, 0.2) is 16.9 Å². The van der Waals surface area contributed by atoms with E-state index in [1.807, 2.05) is 13.8 Å². The molecule has 4 nitrogen and oxygen atoms in total. The van der Waals surface area contributed by atoms with E-state index in [2.05, 4.69) is 31.2 Å². The Morgan fingerprint density at radius 2 is 1.93 bits per heavy atom. The van der Waals surface area contributed by atoms with Gasteiger partial charge in [0.15, 0.2) is 0 Å². The molecule has 1 unspecified atom stereocenters. The molecule has 14 heavy (non-hydrogen) atoms. The predicted molar refractivity (Wildman–Crippen MR) is 59.3 cm³/mol. The highest BCUT2D eigenvalue weighted by Crippen LogP contribution is 2.09. The molecule has 1 N–H and O–H groups in total. The highest BCUT2D eigenvalue weighted by molar-refractivity contribution is 9.10. The van der Waals surface area contributed by atoms with E-state index in [1.165, 1.54) is 0 Å². The molecular formula is C9H14BrN3O. The number of anilines is 1. The van der Waals surface area contributed by atoms with Crippen molar-refractivity contribution in [2.24, 2.45) is 0 Å². The Kier molecular flexibility index (Phi) is 4.28. The van der Waals surface area contributed by atoms with Crippen molar-refractivity contribution in [2.45, 2.75) is 26.0 Å². The van der Waals surface area contributed by atoms with Gasteiger partial charge in [-0.1, -0.05) is 0 Å². The quantitative estimate of drug-likeness (QED) is 0.900. The maximum absolute atomic E-state index is 5.18. The van der Waals surface area contributed by atoms with Gasteiger partial charge >= 0.3 is 0 Å². The van der Waals surface area contributed by atoms with Gasteiger partial charge in [-0.25, -0.2) is 9.97 Å². The lowest BCUT2D eigenvalue weighted by Crippen LogP contribution is -2.30. The Morgan fingerprint density at radius 1 is 1.36 bits per heavy atom.